The number of hydrogen-bond donors (Lipinski definition) is 2. The van der Waals surface area contributed by atoms with Gasteiger partial charge >= 0.3 is 0 Å². The van der Waals surface area contributed by atoms with Gasteiger partial charge in [0.05, 0.1) is 12.7 Å². The van der Waals surface area contributed by atoms with Gasteiger partial charge in [-0.3, -0.25) is 0 Å². The molecule has 0 aromatic heterocycles. The van der Waals surface area contributed by atoms with Crippen molar-refractivity contribution in [2.75, 3.05) is 20.3 Å². The minimum Gasteiger partial charge on any atom is -0.389 e. The second kappa shape index (κ2) is 8.31. The molecular formula is C16H27NO2. The van der Waals surface area contributed by atoms with Crippen molar-refractivity contribution in [3.63, 3.8) is 0 Å². The average Bonchev–Trinajstić information content (AvgIpc) is 2.36. The third-order valence-electron chi connectivity index (χ3n) is 3.14. The maximum absolute atomic E-state index is 9.60. The Morgan fingerprint density at radius 1 is 1.16 bits per heavy atom. The van der Waals surface area contributed by atoms with Gasteiger partial charge in [-0.05, 0) is 30.4 Å². The van der Waals surface area contributed by atoms with Crippen molar-refractivity contribution in [1.29, 1.82) is 0 Å². The molecule has 19 heavy (non-hydrogen) atoms. The van der Waals surface area contributed by atoms with Crippen LogP contribution in [0, 0.1) is 5.92 Å². The lowest BCUT2D eigenvalue weighted by atomic mass is 10.00. The Kier molecular flexibility index (Phi) is 7.06. The smallest absolute Gasteiger partial charge is 0.0897 e. The number of nitrogens with one attached hydrogen (secondary N) is 1. The Bertz CT molecular complexity index is 348. The van der Waals surface area contributed by atoms with Gasteiger partial charge in [-0.2, -0.15) is 0 Å². The standard InChI is InChI=1S/C16H27NO2/c1-12(2)9-14-5-7-15(8-6-14)13(3)17-10-16(18)11-19-4/h5-8,12-13,16-18H,9-11H2,1-4H3. The highest BCUT2D eigenvalue weighted by Gasteiger charge is 2.08. The van der Waals surface area contributed by atoms with Crippen LogP contribution in [0.25, 0.3) is 0 Å². The summed E-state index contributed by atoms with van der Waals surface area (Å²) in [5.74, 6) is 0.686. The maximum Gasteiger partial charge on any atom is 0.0897 e. The van der Waals surface area contributed by atoms with Gasteiger partial charge in [0.1, 0.15) is 0 Å². The summed E-state index contributed by atoms with van der Waals surface area (Å²) in [5.41, 5.74) is 2.63. The molecule has 3 nitrogen and oxygen atoms in total. The molecule has 108 valence electrons. The molecule has 0 saturated heterocycles. The highest BCUT2D eigenvalue weighted by atomic mass is 16.5. The van der Waals surface area contributed by atoms with Gasteiger partial charge < -0.3 is 15.2 Å². The molecular weight excluding hydrogens is 238 g/mol. The quantitative estimate of drug-likeness (QED) is 0.759. The first kappa shape index (κ1) is 16.2. The molecule has 1 aromatic carbocycles. The fraction of sp³-hybridized carbons (Fsp3) is 0.625. The van der Waals surface area contributed by atoms with Crippen LogP contribution in [0.5, 0.6) is 0 Å². The summed E-state index contributed by atoms with van der Waals surface area (Å²) in [6.07, 6.45) is 0.668. The number of methoxy groups -OCH3 is 1. The third-order valence-corrected chi connectivity index (χ3v) is 3.14. The van der Waals surface area contributed by atoms with Gasteiger partial charge in [-0.15, -0.1) is 0 Å². The number of aliphatic hydroxyl groups excluding tert-OH is 1. The van der Waals surface area contributed by atoms with Crippen LogP contribution < -0.4 is 5.32 Å². The molecule has 0 aliphatic rings. The molecule has 2 unspecified atom stereocenters. The fourth-order valence-electron chi connectivity index (χ4n) is 2.10. The van der Waals surface area contributed by atoms with Gasteiger partial charge in [0.15, 0.2) is 0 Å². The highest BCUT2D eigenvalue weighted by Crippen LogP contribution is 2.15. The van der Waals surface area contributed by atoms with Crippen molar-refractivity contribution in [3.05, 3.63) is 35.4 Å². The van der Waals surface area contributed by atoms with E-state index in [-0.39, 0.29) is 6.04 Å². The normalized spacial score (nSPS) is 14.6. The van der Waals surface area contributed by atoms with Crippen molar-refractivity contribution < 1.29 is 9.84 Å². The monoisotopic (exact) mass is 265 g/mol. The number of benzene rings is 1. The average molecular weight is 265 g/mol. The Morgan fingerprint density at radius 3 is 2.32 bits per heavy atom. The van der Waals surface area contributed by atoms with Crippen LogP contribution in [-0.4, -0.2) is 31.5 Å². The van der Waals surface area contributed by atoms with Crippen molar-refractivity contribution in [3.8, 4) is 0 Å². The molecule has 1 rings (SSSR count). The van der Waals surface area contributed by atoms with E-state index in [0.29, 0.717) is 19.1 Å². The van der Waals surface area contributed by atoms with Crippen LogP contribution in [0.4, 0.5) is 0 Å². The molecule has 2 atom stereocenters. The molecule has 0 saturated carbocycles. The van der Waals surface area contributed by atoms with Crippen LogP contribution in [0.3, 0.4) is 0 Å². The van der Waals surface area contributed by atoms with E-state index >= 15 is 0 Å². The largest absolute Gasteiger partial charge is 0.389 e. The van der Waals surface area contributed by atoms with Crippen LogP contribution in [0.15, 0.2) is 24.3 Å². The van der Waals surface area contributed by atoms with E-state index < -0.39 is 6.10 Å². The van der Waals surface area contributed by atoms with Crippen LogP contribution in [-0.2, 0) is 11.2 Å². The second-order valence-corrected chi connectivity index (χ2v) is 5.58. The van der Waals surface area contributed by atoms with Gasteiger partial charge in [0.25, 0.3) is 0 Å². The maximum atomic E-state index is 9.60. The molecule has 0 bridgehead atoms. The number of aliphatic hydroxyl groups is 1. The molecule has 3 heteroatoms. The molecule has 0 aliphatic heterocycles. The molecule has 0 spiro atoms. The van der Waals surface area contributed by atoms with E-state index in [0.717, 1.165) is 6.42 Å². The Balaban J connectivity index is 2.46. The zero-order chi connectivity index (χ0) is 14.3. The molecule has 0 radical (unpaired) electrons. The lowest BCUT2D eigenvalue weighted by Gasteiger charge is -2.17. The Hall–Kier alpha value is -0.900. The van der Waals surface area contributed by atoms with Crippen LogP contribution >= 0.6 is 0 Å². The van der Waals surface area contributed by atoms with Crippen molar-refractivity contribution in [1.82, 2.24) is 5.32 Å². The summed E-state index contributed by atoms with van der Waals surface area (Å²) in [6, 6.07) is 8.95. The SMILES string of the molecule is COCC(O)CNC(C)c1ccc(CC(C)C)cc1. The third kappa shape index (κ3) is 6.19. The number of rotatable bonds is 8. The van der Waals surface area contributed by atoms with E-state index in [4.69, 9.17) is 4.74 Å². The van der Waals surface area contributed by atoms with Crippen LogP contribution in [0.2, 0.25) is 0 Å². The summed E-state index contributed by atoms with van der Waals surface area (Å²) < 4.78 is 4.90. The first-order valence-electron chi connectivity index (χ1n) is 7.02. The van der Waals surface area contributed by atoms with Crippen molar-refractivity contribution in [2.24, 2.45) is 5.92 Å². The van der Waals surface area contributed by atoms with Crippen LogP contribution in [0.1, 0.15) is 37.9 Å². The summed E-state index contributed by atoms with van der Waals surface area (Å²) in [6.45, 7) is 7.48. The molecule has 2 N–H and O–H groups in total. The first-order chi connectivity index (χ1) is 9.02. The summed E-state index contributed by atoms with van der Waals surface area (Å²) >= 11 is 0. The van der Waals surface area contributed by atoms with E-state index in [1.165, 1.54) is 11.1 Å². The van der Waals surface area contributed by atoms with E-state index in [1.807, 2.05) is 0 Å². The topological polar surface area (TPSA) is 41.5 Å². The summed E-state index contributed by atoms with van der Waals surface area (Å²) in [7, 11) is 1.60. The predicted octanol–water partition coefficient (Wildman–Crippen LogP) is 2.54. The minimum atomic E-state index is -0.451. The lowest BCUT2D eigenvalue weighted by Crippen LogP contribution is -2.31. The molecule has 0 fully saturated rings. The lowest BCUT2D eigenvalue weighted by molar-refractivity contribution is 0.0630. The number of hydrogen-bond acceptors (Lipinski definition) is 3. The Labute approximate surface area is 117 Å². The van der Waals surface area contributed by atoms with E-state index in [9.17, 15) is 5.11 Å². The summed E-state index contributed by atoms with van der Waals surface area (Å²) in [4.78, 5) is 0. The Morgan fingerprint density at radius 2 is 1.79 bits per heavy atom. The number of ether oxygens (including phenoxy) is 1. The molecule has 1 aromatic rings. The minimum absolute atomic E-state index is 0.236. The van der Waals surface area contributed by atoms with E-state index in [2.05, 4.69) is 50.4 Å². The first-order valence-corrected chi connectivity index (χ1v) is 7.02. The van der Waals surface area contributed by atoms with Gasteiger partial charge in [-0.25, -0.2) is 0 Å². The van der Waals surface area contributed by atoms with Gasteiger partial charge in [0.2, 0.25) is 0 Å². The predicted molar refractivity (Wildman–Crippen MR) is 79.3 cm³/mol. The highest BCUT2D eigenvalue weighted by molar-refractivity contribution is 5.25. The van der Waals surface area contributed by atoms with E-state index in [1.54, 1.807) is 7.11 Å². The van der Waals surface area contributed by atoms with Crippen molar-refractivity contribution in [2.45, 2.75) is 39.3 Å². The second-order valence-electron chi connectivity index (χ2n) is 5.58. The molecule has 0 amide bonds. The zero-order valence-electron chi connectivity index (χ0n) is 12.5. The summed E-state index contributed by atoms with van der Waals surface area (Å²) in [5, 5.41) is 12.9. The zero-order valence-corrected chi connectivity index (χ0v) is 12.5. The fourth-order valence-corrected chi connectivity index (χ4v) is 2.10. The van der Waals surface area contributed by atoms with Gasteiger partial charge in [0, 0.05) is 19.7 Å². The molecule has 0 heterocycles. The van der Waals surface area contributed by atoms with Gasteiger partial charge in [-0.1, -0.05) is 38.1 Å². The van der Waals surface area contributed by atoms with Crippen molar-refractivity contribution >= 4 is 0 Å². The molecule has 0 aliphatic carbocycles.